The van der Waals surface area contributed by atoms with Crippen molar-refractivity contribution in [1.29, 1.82) is 0 Å². The average molecular weight is 500 g/mol. The van der Waals surface area contributed by atoms with E-state index in [1.807, 2.05) is 24.3 Å². The predicted octanol–water partition coefficient (Wildman–Crippen LogP) is 8.34. The third-order valence-corrected chi connectivity index (χ3v) is 5.81. The minimum atomic E-state index is -4.45. The predicted molar refractivity (Wildman–Crippen MR) is 129 cm³/mol. The highest BCUT2D eigenvalue weighted by Gasteiger charge is 2.30. The SMILES string of the molecule is CC(C)c1ccccc1-c1cc(Oc2ccccc2F)nc(NSc2cccc(C(F)(F)F)c2)n1. The lowest BCUT2D eigenvalue weighted by Gasteiger charge is -2.15. The number of ether oxygens (including phenoxy) is 1. The van der Waals surface area contributed by atoms with E-state index in [2.05, 4.69) is 28.5 Å². The van der Waals surface area contributed by atoms with Gasteiger partial charge in [-0.25, -0.2) is 9.37 Å². The summed E-state index contributed by atoms with van der Waals surface area (Å²) in [6.07, 6.45) is -4.45. The van der Waals surface area contributed by atoms with Crippen molar-refractivity contribution in [3.8, 4) is 22.9 Å². The standard InChI is InChI=1S/C26H21F4N3OS/c1-16(2)19-10-3-4-11-20(19)22-15-24(34-23-13-6-5-12-21(23)27)32-25(31-22)33-35-18-9-7-8-17(14-18)26(28,29)30/h3-16H,1-2H3,(H,31,32,33). The van der Waals surface area contributed by atoms with E-state index in [0.29, 0.717) is 10.6 Å². The monoisotopic (exact) mass is 499 g/mol. The summed E-state index contributed by atoms with van der Waals surface area (Å²) in [6, 6.07) is 20.2. The Bertz CT molecular complexity index is 1330. The first-order chi connectivity index (χ1) is 16.7. The topological polar surface area (TPSA) is 47.0 Å². The molecule has 0 aliphatic carbocycles. The summed E-state index contributed by atoms with van der Waals surface area (Å²) in [5.74, 6) is -0.164. The maximum absolute atomic E-state index is 14.2. The van der Waals surface area contributed by atoms with E-state index in [1.165, 1.54) is 18.2 Å². The summed E-state index contributed by atoms with van der Waals surface area (Å²) in [6.45, 7) is 4.11. The number of benzene rings is 3. The van der Waals surface area contributed by atoms with Crippen LogP contribution in [0.5, 0.6) is 11.6 Å². The van der Waals surface area contributed by atoms with Crippen molar-refractivity contribution in [2.45, 2.75) is 30.8 Å². The number of alkyl halides is 3. The smallest absolute Gasteiger partial charge is 0.416 e. The molecule has 0 radical (unpaired) electrons. The Kier molecular flexibility index (Phi) is 7.25. The van der Waals surface area contributed by atoms with Gasteiger partial charge in [-0.3, -0.25) is 4.72 Å². The zero-order valence-corrected chi connectivity index (χ0v) is 19.6. The first-order valence-electron chi connectivity index (χ1n) is 10.7. The van der Waals surface area contributed by atoms with Gasteiger partial charge in [0.2, 0.25) is 11.8 Å². The number of hydrogen-bond donors (Lipinski definition) is 1. The number of nitrogens with zero attached hydrogens (tertiary/aromatic N) is 2. The summed E-state index contributed by atoms with van der Waals surface area (Å²) >= 11 is 0.932. The van der Waals surface area contributed by atoms with Crippen LogP contribution >= 0.6 is 11.9 Å². The molecule has 0 atom stereocenters. The Morgan fingerprint density at radius 2 is 1.63 bits per heavy atom. The molecule has 0 saturated carbocycles. The lowest BCUT2D eigenvalue weighted by atomic mass is 9.95. The van der Waals surface area contributed by atoms with Crippen molar-refractivity contribution in [2.75, 3.05) is 4.72 Å². The van der Waals surface area contributed by atoms with Gasteiger partial charge in [-0.15, -0.1) is 0 Å². The van der Waals surface area contributed by atoms with Crippen LogP contribution in [0, 0.1) is 5.82 Å². The van der Waals surface area contributed by atoms with E-state index in [9.17, 15) is 17.6 Å². The Hall–Kier alpha value is -3.59. The number of para-hydroxylation sites is 1. The minimum absolute atomic E-state index is 0.00854. The number of nitrogens with one attached hydrogen (secondary N) is 1. The summed E-state index contributed by atoms with van der Waals surface area (Å²) in [5, 5.41) is 0. The number of anilines is 1. The van der Waals surface area contributed by atoms with Gasteiger partial charge in [0.05, 0.1) is 11.3 Å². The summed E-state index contributed by atoms with van der Waals surface area (Å²) in [7, 11) is 0. The van der Waals surface area contributed by atoms with Crippen LogP contribution in [-0.2, 0) is 6.18 Å². The van der Waals surface area contributed by atoms with Crippen molar-refractivity contribution in [3.05, 3.63) is 95.8 Å². The van der Waals surface area contributed by atoms with Crippen molar-refractivity contribution in [3.63, 3.8) is 0 Å². The van der Waals surface area contributed by atoms with E-state index in [-0.39, 0.29) is 23.5 Å². The van der Waals surface area contributed by atoms with E-state index in [0.717, 1.165) is 35.2 Å². The second-order valence-corrected chi connectivity index (χ2v) is 8.80. The van der Waals surface area contributed by atoms with Gasteiger partial charge in [-0.2, -0.15) is 18.2 Å². The first kappa shape index (κ1) is 24.5. The molecule has 0 aliphatic rings. The van der Waals surface area contributed by atoms with Crippen molar-refractivity contribution < 1.29 is 22.3 Å². The average Bonchev–Trinajstić information content (AvgIpc) is 2.84. The minimum Gasteiger partial charge on any atom is -0.436 e. The fourth-order valence-electron chi connectivity index (χ4n) is 3.38. The molecule has 0 unspecified atom stereocenters. The second kappa shape index (κ2) is 10.4. The van der Waals surface area contributed by atoms with Crippen LogP contribution in [0.2, 0.25) is 0 Å². The molecule has 4 nitrogen and oxygen atoms in total. The van der Waals surface area contributed by atoms with Gasteiger partial charge >= 0.3 is 6.18 Å². The number of aromatic nitrogens is 2. The number of halogens is 4. The Labute approximate surface area is 204 Å². The Morgan fingerprint density at radius 3 is 2.37 bits per heavy atom. The molecule has 0 aliphatic heterocycles. The molecule has 1 N–H and O–H groups in total. The van der Waals surface area contributed by atoms with Crippen molar-refractivity contribution in [1.82, 2.24) is 9.97 Å². The molecule has 35 heavy (non-hydrogen) atoms. The summed E-state index contributed by atoms with van der Waals surface area (Å²) in [4.78, 5) is 9.19. The second-order valence-electron chi connectivity index (χ2n) is 7.92. The molecule has 4 rings (SSSR count). The quantitative estimate of drug-likeness (QED) is 0.205. The molecule has 1 aromatic heterocycles. The Balaban J connectivity index is 1.70. The normalized spacial score (nSPS) is 11.5. The molecular formula is C26H21F4N3OS. The van der Waals surface area contributed by atoms with Crippen LogP contribution in [0.15, 0.2) is 83.8 Å². The lowest BCUT2D eigenvalue weighted by Crippen LogP contribution is -2.05. The number of rotatable bonds is 7. The van der Waals surface area contributed by atoms with Gasteiger partial charge in [-0.1, -0.05) is 56.3 Å². The molecule has 9 heteroatoms. The molecule has 0 amide bonds. The van der Waals surface area contributed by atoms with E-state index < -0.39 is 17.6 Å². The highest BCUT2D eigenvalue weighted by atomic mass is 32.2. The maximum Gasteiger partial charge on any atom is 0.416 e. The lowest BCUT2D eigenvalue weighted by molar-refractivity contribution is -0.137. The van der Waals surface area contributed by atoms with E-state index in [1.54, 1.807) is 24.3 Å². The molecule has 180 valence electrons. The summed E-state index contributed by atoms with van der Waals surface area (Å²) < 4.78 is 62.0. The zero-order chi connectivity index (χ0) is 25.0. The van der Waals surface area contributed by atoms with Crippen LogP contribution in [0.3, 0.4) is 0 Å². The van der Waals surface area contributed by atoms with Crippen molar-refractivity contribution in [2.24, 2.45) is 0 Å². The molecule has 0 bridgehead atoms. The molecule has 0 spiro atoms. The van der Waals surface area contributed by atoms with E-state index >= 15 is 0 Å². The van der Waals surface area contributed by atoms with Gasteiger partial charge in [0.25, 0.3) is 0 Å². The third kappa shape index (κ3) is 6.10. The van der Waals surface area contributed by atoms with Crippen LogP contribution in [0.4, 0.5) is 23.5 Å². The van der Waals surface area contributed by atoms with Gasteiger partial charge < -0.3 is 4.74 Å². The fraction of sp³-hybridized carbons (Fsp3) is 0.154. The van der Waals surface area contributed by atoms with Crippen LogP contribution in [0.1, 0.15) is 30.9 Å². The molecule has 3 aromatic carbocycles. The Morgan fingerprint density at radius 1 is 0.886 bits per heavy atom. The fourth-order valence-corrected chi connectivity index (χ4v) is 4.01. The number of hydrogen-bond acceptors (Lipinski definition) is 5. The van der Waals surface area contributed by atoms with Gasteiger partial charge in [-0.05, 0) is 53.8 Å². The molecular weight excluding hydrogens is 478 g/mol. The van der Waals surface area contributed by atoms with Crippen molar-refractivity contribution >= 4 is 17.9 Å². The molecule has 0 saturated heterocycles. The highest BCUT2D eigenvalue weighted by molar-refractivity contribution is 8.00. The van der Waals surface area contributed by atoms with E-state index in [4.69, 9.17) is 4.74 Å². The molecule has 0 fully saturated rings. The third-order valence-electron chi connectivity index (χ3n) is 5.03. The van der Waals surface area contributed by atoms with Crippen LogP contribution < -0.4 is 9.46 Å². The van der Waals surface area contributed by atoms with Gasteiger partial charge in [0.15, 0.2) is 11.6 Å². The molecule has 1 heterocycles. The highest BCUT2D eigenvalue weighted by Crippen LogP contribution is 2.34. The molecule has 4 aromatic rings. The van der Waals surface area contributed by atoms with Gasteiger partial charge in [0.1, 0.15) is 0 Å². The summed E-state index contributed by atoms with van der Waals surface area (Å²) in [5.41, 5.74) is 1.66. The van der Waals surface area contributed by atoms with Gasteiger partial charge in [0, 0.05) is 16.5 Å². The largest absolute Gasteiger partial charge is 0.436 e. The zero-order valence-electron chi connectivity index (χ0n) is 18.8. The maximum atomic E-state index is 14.2. The van der Waals surface area contributed by atoms with Crippen LogP contribution in [-0.4, -0.2) is 9.97 Å². The first-order valence-corrected chi connectivity index (χ1v) is 11.5. The van der Waals surface area contributed by atoms with Crippen LogP contribution in [0.25, 0.3) is 11.3 Å².